The molecule has 2 aromatic rings. The molecule has 2 bridgehead atoms. The Balaban J connectivity index is 1.45. The standard InChI is InChI=1S/C26H33N3O2/c1-28(2)24-6-4-5-21-20(24)15-23-22-9-8-19(16-26(21,22)12-13-27-23)29(3)25(30)10-7-18-11-14-31-17-18/h4-7,10-11,14,17,19,22-23,27H,8-9,12-13,15-16H2,1-3H3/b10-7+/t19-,22+,23-,26-/m1/s1. The van der Waals surface area contributed by atoms with E-state index in [2.05, 4.69) is 42.5 Å². The first-order chi connectivity index (χ1) is 15.0. The van der Waals surface area contributed by atoms with Crippen molar-refractivity contribution in [2.45, 2.75) is 49.6 Å². The number of nitrogens with zero attached hydrogens (tertiary/aromatic N) is 2. The van der Waals surface area contributed by atoms with Crippen LogP contribution in [0, 0.1) is 5.92 Å². The molecule has 1 saturated carbocycles. The highest BCUT2D eigenvalue weighted by Crippen LogP contribution is 2.55. The zero-order valence-corrected chi connectivity index (χ0v) is 18.8. The third-order valence-electron chi connectivity index (χ3n) is 8.03. The number of likely N-dealkylation sites (N-methyl/N-ethyl adjacent to an activating group) is 1. The SMILES string of the molecule is CN(C)c1cccc2c1C[C@H]1NCC[C@@]23C[C@H](N(C)C(=O)/C=C/c2ccoc2)CC[C@@H]13. The molecule has 3 aliphatic rings. The molecule has 0 unspecified atom stereocenters. The lowest BCUT2D eigenvalue weighted by Crippen LogP contribution is -2.62. The van der Waals surface area contributed by atoms with Crippen LogP contribution in [-0.2, 0) is 16.6 Å². The molecular weight excluding hydrogens is 386 g/mol. The molecule has 1 aromatic carbocycles. The van der Waals surface area contributed by atoms with Gasteiger partial charge in [-0.2, -0.15) is 0 Å². The maximum atomic E-state index is 12.9. The van der Waals surface area contributed by atoms with E-state index in [1.807, 2.05) is 24.1 Å². The van der Waals surface area contributed by atoms with Crippen molar-refractivity contribution >= 4 is 17.7 Å². The number of carbonyl (C=O) groups is 1. The normalized spacial score (nSPS) is 29.3. The minimum Gasteiger partial charge on any atom is -0.472 e. The van der Waals surface area contributed by atoms with Gasteiger partial charge in [0.25, 0.3) is 0 Å². The molecule has 0 spiro atoms. The fourth-order valence-electron chi connectivity index (χ4n) is 6.54. The van der Waals surface area contributed by atoms with Crippen LogP contribution in [0.3, 0.4) is 0 Å². The Bertz CT molecular complexity index is 981. The summed E-state index contributed by atoms with van der Waals surface area (Å²) in [5.41, 5.74) is 5.49. The summed E-state index contributed by atoms with van der Waals surface area (Å²) in [6.07, 6.45) is 12.4. The van der Waals surface area contributed by atoms with Crippen molar-refractivity contribution in [2.75, 3.05) is 32.6 Å². The summed E-state index contributed by atoms with van der Waals surface area (Å²) in [5, 5.41) is 3.84. The fraction of sp³-hybridized carbons (Fsp3) is 0.500. The Labute approximate surface area is 185 Å². The van der Waals surface area contributed by atoms with E-state index in [1.54, 1.807) is 24.2 Å². The van der Waals surface area contributed by atoms with Crippen LogP contribution in [0.2, 0.25) is 0 Å². The number of fused-ring (bicyclic) bond motifs is 1. The van der Waals surface area contributed by atoms with Crippen molar-refractivity contribution in [3.8, 4) is 0 Å². The van der Waals surface area contributed by atoms with Crippen molar-refractivity contribution in [2.24, 2.45) is 5.92 Å². The van der Waals surface area contributed by atoms with E-state index >= 15 is 0 Å². The van der Waals surface area contributed by atoms with Gasteiger partial charge < -0.3 is 19.5 Å². The van der Waals surface area contributed by atoms with Crippen LogP contribution in [0.5, 0.6) is 0 Å². The Hall–Kier alpha value is -2.53. The summed E-state index contributed by atoms with van der Waals surface area (Å²) >= 11 is 0. The lowest BCUT2D eigenvalue weighted by molar-refractivity contribution is -0.128. The molecule has 5 heteroatoms. The van der Waals surface area contributed by atoms with Crippen molar-refractivity contribution in [3.63, 3.8) is 0 Å². The summed E-state index contributed by atoms with van der Waals surface area (Å²) < 4.78 is 5.10. The van der Waals surface area contributed by atoms with Gasteiger partial charge in [0, 0.05) is 56.0 Å². The van der Waals surface area contributed by atoms with E-state index in [-0.39, 0.29) is 17.4 Å². The number of carbonyl (C=O) groups excluding carboxylic acids is 1. The second-order valence-electron chi connectivity index (χ2n) is 9.75. The first kappa shape index (κ1) is 20.4. The van der Waals surface area contributed by atoms with Gasteiger partial charge in [0.2, 0.25) is 5.91 Å². The molecule has 4 atom stereocenters. The monoisotopic (exact) mass is 419 g/mol. The quantitative estimate of drug-likeness (QED) is 0.765. The van der Waals surface area contributed by atoms with Gasteiger partial charge >= 0.3 is 0 Å². The Morgan fingerprint density at radius 2 is 2.10 bits per heavy atom. The van der Waals surface area contributed by atoms with Gasteiger partial charge in [-0.1, -0.05) is 12.1 Å². The molecule has 2 heterocycles. The smallest absolute Gasteiger partial charge is 0.246 e. The van der Waals surface area contributed by atoms with E-state index < -0.39 is 0 Å². The topological polar surface area (TPSA) is 48.7 Å². The van der Waals surface area contributed by atoms with Gasteiger partial charge in [0.15, 0.2) is 0 Å². The van der Waals surface area contributed by atoms with Crippen molar-refractivity contribution in [1.29, 1.82) is 0 Å². The predicted molar refractivity (Wildman–Crippen MR) is 124 cm³/mol. The molecule has 1 N–H and O–H groups in total. The zero-order valence-electron chi connectivity index (χ0n) is 18.8. The van der Waals surface area contributed by atoms with Crippen LogP contribution >= 0.6 is 0 Å². The van der Waals surface area contributed by atoms with Gasteiger partial charge in [-0.3, -0.25) is 4.79 Å². The average Bonchev–Trinajstić information content (AvgIpc) is 3.29. The van der Waals surface area contributed by atoms with Crippen LogP contribution in [0.15, 0.2) is 47.3 Å². The number of hydrogen-bond donors (Lipinski definition) is 1. The lowest BCUT2D eigenvalue weighted by atomic mass is 9.51. The second-order valence-corrected chi connectivity index (χ2v) is 9.75. The van der Waals surface area contributed by atoms with Gasteiger partial charge in [0.05, 0.1) is 12.5 Å². The van der Waals surface area contributed by atoms with E-state index in [4.69, 9.17) is 4.42 Å². The summed E-state index contributed by atoms with van der Waals surface area (Å²) in [6.45, 7) is 1.07. The number of piperidine rings is 1. The third-order valence-corrected chi connectivity index (χ3v) is 8.03. The summed E-state index contributed by atoms with van der Waals surface area (Å²) in [7, 11) is 6.26. The molecular formula is C26H33N3O2. The van der Waals surface area contributed by atoms with Crippen LogP contribution < -0.4 is 10.2 Å². The molecule has 31 heavy (non-hydrogen) atoms. The minimum atomic E-state index is 0.0737. The number of nitrogens with one attached hydrogen (secondary N) is 1. The van der Waals surface area contributed by atoms with E-state index in [1.165, 1.54) is 17.7 Å². The zero-order chi connectivity index (χ0) is 21.6. The van der Waals surface area contributed by atoms with Gasteiger partial charge in [-0.15, -0.1) is 0 Å². The van der Waals surface area contributed by atoms with E-state index in [9.17, 15) is 4.79 Å². The highest BCUT2D eigenvalue weighted by Gasteiger charge is 2.54. The molecule has 1 aromatic heterocycles. The van der Waals surface area contributed by atoms with E-state index in [0.29, 0.717) is 12.0 Å². The fourth-order valence-corrected chi connectivity index (χ4v) is 6.54. The Morgan fingerprint density at radius 3 is 2.87 bits per heavy atom. The molecule has 164 valence electrons. The number of furan rings is 1. The highest BCUT2D eigenvalue weighted by atomic mass is 16.3. The number of rotatable bonds is 4. The molecule has 0 radical (unpaired) electrons. The van der Waals surface area contributed by atoms with E-state index in [0.717, 1.165) is 37.8 Å². The molecule has 1 amide bonds. The number of benzene rings is 1. The van der Waals surface area contributed by atoms with Gasteiger partial charge in [-0.25, -0.2) is 0 Å². The maximum absolute atomic E-state index is 12.9. The molecule has 2 aliphatic carbocycles. The molecule has 5 rings (SSSR count). The second kappa shape index (κ2) is 7.86. The van der Waals surface area contributed by atoms with Crippen LogP contribution in [-0.4, -0.2) is 50.6 Å². The third kappa shape index (κ3) is 3.39. The van der Waals surface area contributed by atoms with Crippen LogP contribution in [0.1, 0.15) is 42.4 Å². The largest absolute Gasteiger partial charge is 0.472 e. The minimum absolute atomic E-state index is 0.0737. The Morgan fingerprint density at radius 1 is 1.23 bits per heavy atom. The Kier molecular flexibility index (Phi) is 5.17. The summed E-state index contributed by atoms with van der Waals surface area (Å²) in [6, 6.07) is 9.54. The molecule has 2 fully saturated rings. The van der Waals surface area contributed by atoms with Crippen molar-refractivity contribution in [3.05, 3.63) is 59.6 Å². The molecule has 5 nitrogen and oxygen atoms in total. The molecule has 1 saturated heterocycles. The maximum Gasteiger partial charge on any atom is 0.246 e. The van der Waals surface area contributed by atoms with Crippen molar-refractivity contribution in [1.82, 2.24) is 10.2 Å². The first-order valence-electron chi connectivity index (χ1n) is 11.5. The lowest BCUT2D eigenvalue weighted by Gasteiger charge is -2.58. The number of hydrogen-bond acceptors (Lipinski definition) is 4. The summed E-state index contributed by atoms with van der Waals surface area (Å²) in [4.78, 5) is 17.2. The van der Waals surface area contributed by atoms with Gasteiger partial charge in [0.1, 0.15) is 0 Å². The summed E-state index contributed by atoms with van der Waals surface area (Å²) in [5.74, 6) is 0.733. The van der Waals surface area contributed by atoms with Crippen molar-refractivity contribution < 1.29 is 9.21 Å². The molecule has 1 aliphatic heterocycles. The first-order valence-corrected chi connectivity index (χ1v) is 11.5. The van der Waals surface area contributed by atoms with Crippen LogP contribution in [0.4, 0.5) is 5.69 Å². The average molecular weight is 420 g/mol. The van der Waals surface area contributed by atoms with Gasteiger partial charge in [-0.05, 0) is 73.9 Å². The number of anilines is 1. The number of amides is 1. The predicted octanol–water partition coefficient (Wildman–Crippen LogP) is 3.84. The van der Waals surface area contributed by atoms with Crippen LogP contribution in [0.25, 0.3) is 6.08 Å². The highest BCUT2D eigenvalue weighted by molar-refractivity contribution is 5.91.